The highest BCUT2D eigenvalue weighted by molar-refractivity contribution is 14.0. The molecule has 2 aliphatic rings. The van der Waals surface area contributed by atoms with E-state index in [1.807, 2.05) is 0 Å². The molecule has 0 aromatic carbocycles. The van der Waals surface area contributed by atoms with Gasteiger partial charge in [0.15, 0.2) is 5.96 Å². The molecule has 0 radical (unpaired) electrons. The Labute approximate surface area is 155 Å². The highest BCUT2D eigenvalue weighted by Crippen LogP contribution is 2.28. The van der Waals surface area contributed by atoms with E-state index in [0.29, 0.717) is 13.1 Å². The van der Waals surface area contributed by atoms with Crippen molar-refractivity contribution in [2.75, 3.05) is 33.2 Å². The third kappa shape index (κ3) is 6.52. The van der Waals surface area contributed by atoms with Gasteiger partial charge >= 0.3 is 6.03 Å². The molecule has 1 aliphatic heterocycles. The quantitative estimate of drug-likeness (QED) is 0.184. The number of urea groups is 1. The fraction of sp³-hybridized carbons (Fsp3) is 0.800. The Balaban J connectivity index is 0.00000264. The van der Waals surface area contributed by atoms with Crippen molar-refractivity contribution in [3.8, 4) is 0 Å². The van der Waals surface area contributed by atoms with Crippen LogP contribution in [0.5, 0.6) is 0 Å². The Bertz CT molecular complexity index is 408. The summed E-state index contributed by atoms with van der Waals surface area (Å²) in [5, 5.41) is 8.91. The molecular formula is C15H28IN5O2. The van der Waals surface area contributed by atoms with Crippen molar-refractivity contribution < 1.29 is 9.59 Å². The number of carbonyl (C=O) groups is 2. The van der Waals surface area contributed by atoms with Crippen molar-refractivity contribution in [1.82, 2.24) is 20.9 Å². The number of carbonyl (C=O) groups excluding carboxylic acids is 2. The molecule has 3 amide bonds. The molecule has 1 aliphatic carbocycles. The van der Waals surface area contributed by atoms with Crippen LogP contribution in [0.1, 0.15) is 38.5 Å². The molecular weight excluding hydrogens is 409 g/mol. The Hall–Kier alpha value is -1.06. The highest BCUT2D eigenvalue weighted by Gasteiger charge is 2.27. The predicted molar refractivity (Wildman–Crippen MR) is 101 cm³/mol. The van der Waals surface area contributed by atoms with Gasteiger partial charge in [-0.3, -0.25) is 14.7 Å². The Morgan fingerprint density at radius 2 is 1.96 bits per heavy atom. The summed E-state index contributed by atoms with van der Waals surface area (Å²) in [6.45, 7) is 1.86. The topological polar surface area (TPSA) is 85.8 Å². The zero-order chi connectivity index (χ0) is 15.8. The molecule has 7 nitrogen and oxygen atoms in total. The number of rotatable bonds is 7. The van der Waals surface area contributed by atoms with Gasteiger partial charge in [0.05, 0.1) is 6.54 Å². The molecule has 132 valence electrons. The second-order valence-electron chi connectivity index (χ2n) is 5.92. The summed E-state index contributed by atoms with van der Waals surface area (Å²) in [5.41, 5.74) is 0. The van der Waals surface area contributed by atoms with Crippen molar-refractivity contribution in [3.05, 3.63) is 0 Å². The van der Waals surface area contributed by atoms with Crippen LogP contribution >= 0.6 is 24.0 Å². The Morgan fingerprint density at radius 3 is 2.57 bits per heavy atom. The maximum atomic E-state index is 11.4. The molecule has 1 saturated carbocycles. The first-order valence-corrected chi connectivity index (χ1v) is 8.23. The summed E-state index contributed by atoms with van der Waals surface area (Å²) in [5.74, 6) is 1.46. The molecule has 8 heteroatoms. The third-order valence-electron chi connectivity index (χ3n) is 4.34. The van der Waals surface area contributed by atoms with Crippen LogP contribution in [0.4, 0.5) is 4.79 Å². The van der Waals surface area contributed by atoms with Gasteiger partial charge in [-0.25, -0.2) is 4.79 Å². The lowest BCUT2D eigenvalue weighted by molar-refractivity contribution is -0.124. The van der Waals surface area contributed by atoms with E-state index in [1.165, 1.54) is 37.0 Å². The first kappa shape index (κ1) is 20.0. The lowest BCUT2D eigenvalue weighted by Crippen LogP contribution is -2.43. The van der Waals surface area contributed by atoms with Crippen LogP contribution < -0.4 is 16.0 Å². The summed E-state index contributed by atoms with van der Waals surface area (Å²) in [6.07, 6.45) is 8.00. The van der Waals surface area contributed by atoms with Gasteiger partial charge in [-0.2, -0.15) is 0 Å². The molecule has 23 heavy (non-hydrogen) atoms. The van der Waals surface area contributed by atoms with Crippen molar-refractivity contribution in [1.29, 1.82) is 0 Å². The molecule has 0 unspecified atom stereocenters. The number of hydrogen-bond donors (Lipinski definition) is 3. The zero-order valence-corrected chi connectivity index (χ0v) is 16.1. The summed E-state index contributed by atoms with van der Waals surface area (Å²) < 4.78 is 0. The Kier molecular flexibility index (Phi) is 9.27. The SMILES string of the molecule is CN=C(NCCCC1CCCC1)NCCN1C(=O)CNC1=O.I. The molecule has 1 heterocycles. The number of nitrogens with zero attached hydrogens (tertiary/aromatic N) is 2. The zero-order valence-electron chi connectivity index (χ0n) is 13.8. The molecule has 2 fully saturated rings. The Morgan fingerprint density at radius 1 is 1.26 bits per heavy atom. The van der Waals surface area contributed by atoms with Gasteiger partial charge in [0.25, 0.3) is 0 Å². The van der Waals surface area contributed by atoms with Gasteiger partial charge in [-0.1, -0.05) is 25.7 Å². The smallest absolute Gasteiger partial charge is 0.324 e. The molecule has 1 saturated heterocycles. The van der Waals surface area contributed by atoms with Gasteiger partial charge in [-0.05, 0) is 18.8 Å². The number of amides is 3. The van der Waals surface area contributed by atoms with Gasteiger partial charge in [0.1, 0.15) is 0 Å². The molecule has 2 rings (SSSR count). The first-order valence-electron chi connectivity index (χ1n) is 8.23. The van der Waals surface area contributed by atoms with E-state index in [4.69, 9.17) is 0 Å². The average molecular weight is 437 g/mol. The van der Waals surface area contributed by atoms with Crippen molar-refractivity contribution in [2.24, 2.45) is 10.9 Å². The minimum absolute atomic E-state index is 0. The number of nitrogens with one attached hydrogen (secondary N) is 3. The summed E-state index contributed by atoms with van der Waals surface area (Å²) in [7, 11) is 1.72. The second kappa shape index (κ2) is 10.7. The molecule has 0 bridgehead atoms. The van der Waals surface area contributed by atoms with Gasteiger partial charge in [0.2, 0.25) is 5.91 Å². The average Bonchev–Trinajstić information content (AvgIpc) is 3.14. The standard InChI is InChI=1S/C15H27N5O2.HI/c1-16-14(17-8-4-7-12-5-2-3-6-12)18-9-10-20-13(21)11-19-15(20)22;/h12H,2-11H2,1H3,(H,19,22)(H2,16,17,18);1H. The van der Waals surface area contributed by atoms with Crippen LogP contribution in [0.2, 0.25) is 0 Å². The normalized spacial score (nSPS) is 18.8. The first-order chi connectivity index (χ1) is 10.7. The van der Waals surface area contributed by atoms with Crippen LogP contribution in [0, 0.1) is 5.92 Å². The van der Waals surface area contributed by atoms with Crippen molar-refractivity contribution in [3.63, 3.8) is 0 Å². The van der Waals surface area contributed by atoms with E-state index < -0.39 is 0 Å². The largest absolute Gasteiger partial charge is 0.356 e. The van der Waals surface area contributed by atoms with Gasteiger partial charge in [0, 0.05) is 26.7 Å². The maximum absolute atomic E-state index is 11.4. The molecule has 0 aromatic heterocycles. The highest BCUT2D eigenvalue weighted by atomic mass is 127. The van der Waals surface area contributed by atoms with E-state index >= 15 is 0 Å². The fourth-order valence-electron chi connectivity index (χ4n) is 3.08. The number of guanidine groups is 1. The second-order valence-corrected chi connectivity index (χ2v) is 5.92. The van der Waals surface area contributed by atoms with Crippen LogP contribution in [-0.2, 0) is 4.79 Å². The number of aliphatic imine (C=N–C) groups is 1. The molecule has 3 N–H and O–H groups in total. The van der Waals surface area contributed by atoms with Crippen molar-refractivity contribution >= 4 is 41.9 Å². The monoisotopic (exact) mass is 437 g/mol. The van der Waals surface area contributed by atoms with E-state index in [9.17, 15) is 9.59 Å². The third-order valence-corrected chi connectivity index (χ3v) is 4.34. The molecule has 0 atom stereocenters. The minimum Gasteiger partial charge on any atom is -0.356 e. The predicted octanol–water partition coefficient (Wildman–Crippen LogP) is 1.29. The molecule has 0 spiro atoms. The number of hydrogen-bond acceptors (Lipinski definition) is 3. The number of imide groups is 1. The fourth-order valence-corrected chi connectivity index (χ4v) is 3.08. The van der Waals surface area contributed by atoms with E-state index in [1.54, 1.807) is 7.05 Å². The van der Waals surface area contributed by atoms with Crippen LogP contribution in [-0.4, -0.2) is 56.0 Å². The lowest BCUT2D eigenvalue weighted by Gasteiger charge is -2.16. The number of halogens is 1. The van der Waals surface area contributed by atoms with Crippen LogP contribution in [0.25, 0.3) is 0 Å². The van der Waals surface area contributed by atoms with Crippen molar-refractivity contribution in [2.45, 2.75) is 38.5 Å². The molecule has 0 aromatic rings. The minimum atomic E-state index is -0.314. The van der Waals surface area contributed by atoms with E-state index in [-0.39, 0.29) is 42.5 Å². The summed E-state index contributed by atoms with van der Waals surface area (Å²) >= 11 is 0. The van der Waals surface area contributed by atoms with Gasteiger partial charge < -0.3 is 16.0 Å². The summed E-state index contributed by atoms with van der Waals surface area (Å²) in [6, 6.07) is -0.314. The van der Waals surface area contributed by atoms with Crippen LogP contribution in [0.3, 0.4) is 0 Å². The van der Waals surface area contributed by atoms with Crippen LogP contribution in [0.15, 0.2) is 4.99 Å². The van der Waals surface area contributed by atoms with E-state index in [0.717, 1.165) is 24.8 Å². The lowest BCUT2D eigenvalue weighted by atomic mass is 10.0. The van der Waals surface area contributed by atoms with Gasteiger partial charge in [-0.15, -0.1) is 24.0 Å². The maximum Gasteiger partial charge on any atom is 0.324 e. The van der Waals surface area contributed by atoms with E-state index in [2.05, 4.69) is 20.9 Å². The summed E-state index contributed by atoms with van der Waals surface area (Å²) in [4.78, 5) is 28.2.